The second kappa shape index (κ2) is 7.93. The van der Waals surface area contributed by atoms with Crippen molar-refractivity contribution in [3.05, 3.63) is 53.1 Å². The molecule has 0 aliphatic rings. The number of anilines is 1. The predicted molar refractivity (Wildman–Crippen MR) is 109 cm³/mol. The van der Waals surface area contributed by atoms with E-state index in [1.54, 1.807) is 25.1 Å². The van der Waals surface area contributed by atoms with Gasteiger partial charge in [0.15, 0.2) is 5.13 Å². The molecular formula is C18H18ClN3O3S2. The number of amides is 1. The maximum Gasteiger partial charge on any atom is 0.257 e. The summed E-state index contributed by atoms with van der Waals surface area (Å²) >= 11 is 7.28. The zero-order valence-corrected chi connectivity index (χ0v) is 17.1. The van der Waals surface area contributed by atoms with Gasteiger partial charge in [0.05, 0.1) is 15.1 Å². The number of sulfonamides is 1. The molecule has 2 N–H and O–H groups in total. The van der Waals surface area contributed by atoms with E-state index >= 15 is 0 Å². The molecule has 27 heavy (non-hydrogen) atoms. The van der Waals surface area contributed by atoms with Gasteiger partial charge >= 0.3 is 0 Å². The summed E-state index contributed by atoms with van der Waals surface area (Å²) < 4.78 is 28.0. The smallest absolute Gasteiger partial charge is 0.257 e. The molecule has 142 valence electrons. The molecule has 3 aromatic rings. The van der Waals surface area contributed by atoms with Crippen LogP contribution in [0.15, 0.2) is 47.4 Å². The summed E-state index contributed by atoms with van der Waals surface area (Å²) in [7, 11) is -3.60. The van der Waals surface area contributed by atoms with E-state index in [-0.39, 0.29) is 16.8 Å². The van der Waals surface area contributed by atoms with Crippen LogP contribution in [0.1, 0.15) is 30.6 Å². The van der Waals surface area contributed by atoms with Crippen molar-refractivity contribution < 1.29 is 13.2 Å². The Kier molecular flexibility index (Phi) is 5.81. The number of aromatic nitrogens is 1. The molecule has 0 saturated heterocycles. The Morgan fingerprint density at radius 2 is 1.93 bits per heavy atom. The van der Waals surface area contributed by atoms with E-state index in [0.717, 1.165) is 10.2 Å². The number of hydrogen-bond donors (Lipinski definition) is 2. The van der Waals surface area contributed by atoms with Crippen LogP contribution in [0, 0.1) is 0 Å². The van der Waals surface area contributed by atoms with E-state index in [9.17, 15) is 13.2 Å². The Labute approximate surface area is 166 Å². The molecule has 2 aromatic carbocycles. The maximum atomic E-state index is 12.4. The zero-order valence-electron chi connectivity index (χ0n) is 14.7. The number of nitrogens with zero attached hydrogens (tertiary/aromatic N) is 1. The summed E-state index contributed by atoms with van der Waals surface area (Å²) in [5, 5.41) is 3.78. The number of hydrogen-bond acceptors (Lipinski definition) is 5. The van der Waals surface area contributed by atoms with Gasteiger partial charge in [-0.05, 0) is 55.8 Å². The van der Waals surface area contributed by atoms with Crippen molar-refractivity contribution in [3.63, 3.8) is 0 Å². The Bertz CT molecular complexity index is 1080. The van der Waals surface area contributed by atoms with E-state index in [2.05, 4.69) is 15.0 Å². The minimum atomic E-state index is -3.60. The lowest BCUT2D eigenvalue weighted by atomic mass is 10.2. The third-order valence-electron chi connectivity index (χ3n) is 3.97. The average Bonchev–Trinajstić information content (AvgIpc) is 3.02. The first-order chi connectivity index (χ1) is 12.8. The molecule has 1 atom stereocenters. The van der Waals surface area contributed by atoms with Gasteiger partial charge in [-0.25, -0.2) is 18.1 Å². The minimum Gasteiger partial charge on any atom is -0.298 e. The van der Waals surface area contributed by atoms with Gasteiger partial charge in [-0.3, -0.25) is 10.1 Å². The number of carbonyl (C=O) groups is 1. The highest BCUT2D eigenvalue weighted by molar-refractivity contribution is 7.89. The standard InChI is InChI=1S/C18H18ClN3O3S2/c1-3-11(2)22-27(24,25)14-7-4-12(5-8-14)17(23)21-18-20-15-9-6-13(19)10-16(15)26-18/h4-11,22H,3H2,1-2H3,(H,20,21,23). The van der Waals surface area contributed by atoms with Crippen molar-refractivity contribution in [2.24, 2.45) is 0 Å². The van der Waals surface area contributed by atoms with E-state index in [0.29, 0.717) is 22.1 Å². The van der Waals surface area contributed by atoms with E-state index in [1.165, 1.54) is 35.6 Å². The summed E-state index contributed by atoms with van der Waals surface area (Å²) in [4.78, 5) is 16.9. The Hall–Kier alpha value is -2.00. The lowest BCUT2D eigenvalue weighted by Gasteiger charge is -2.12. The van der Waals surface area contributed by atoms with Crippen molar-refractivity contribution in [1.29, 1.82) is 0 Å². The van der Waals surface area contributed by atoms with Crippen LogP contribution < -0.4 is 10.0 Å². The molecule has 9 heteroatoms. The highest BCUT2D eigenvalue weighted by Crippen LogP contribution is 2.28. The van der Waals surface area contributed by atoms with Gasteiger partial charge in [0, 0.05) is 16.6 Å². The molecule has 0 bridgehead atoms. The first kappa shape index (κ1) is 19.8. The molecule has 3 rings (SSSR count). The quantitative estimate of drug-likeness (QED) is 0.619. The van der Waals surface area contributed by atoms with Gasteiger partial charge in [-0.15, -0.1) is 0 Å². The van der Waals surface area contributed by atoms with E-state index in [4.69, 9.17) is 11.6 Å². The summed E-state index contributed by atoms with van der Waals surface area (Å²) in [5.41, 5.74) is 1.09. The number of thiazole rings is 1. The van der Waals surface area contributed by atoms with Gasteiger partial charge in [0.1, 0.15) is 0 Å². The fourth-order valence-corrected chi connectivity index (χ4v) is 4.79. The summed E-state index contributed by atoms with van der Waals surface area (Å²) in [6.45, 7) is 3.70. The lowest BCUT2D eigenvalue weighted by Crippen LogP contribution is -2.32. The molecule has 1 aromatic heterocycles. The third kappa shape index (κ3) is 4.65. The highest BCUT2D eigenvalue weighted by Gasteiger charge is 2.17. The van der Waals surface area contributed by atoms with Crippen molar-refractivity contribution in [3.8, 4) is 0 Å². The second-order valence-electron chi connectivity index (χ2n) is 6.04. The number of fused-ring (bicyclic) bond motifs is 1. The van der Waals surface area contributed by atoms with Crippen LogP contribution in [-0.4, -0.2) is 25.4 Å². The minimum absolute atomic E-state index is 0.119. The van der Waals surface area contributed by atoms with Crippen LogP contribution in [0.3, 0.4) is 0 Å². The van der Waals surface area contributed by atoms with Crippen LogP contribution in [0.25, 0.3) is 10.2 Å². The topological polar surface area (TPSA) is 88.2 Å². The van der Waals surface area contributed by atoms with Crippen LogP contribution >= 0.6 is 22.9 Å². The van der Waals surface area contributed by atoms with E-state index < -0.39 is 10.0 Å². The average molecular weight is 424 g/mol. The van der Waals surface area contributed by atoms with Crippen LogP contribution in [0.4, 0.5) is 5.13 Å². The Morgan fingerprint density at radius 1 is 1.22 bits per heavy atom. The van der Waals surface area contributed by atoms with Gasteiger partial charge in [-0.1, -0.05) is 29.9 Å². The molecule has 6 nitrogen and oxygen atoms in total. The molecule has 0 radical (unpaired) electrons. The fourth-order valence-electron chi connectivity index (χ4n) is 2.32. The van der Waals surface area contributed by atoms with Crippen molar-refractivity contribution in [2.45, 2.75) is 31.2 Å². The predicted octanol–water partition coefficient (Wildman–Crippen LogP) is 4.28. The largest absolute Gasteiger partial charge is 0.298 e. The van der Waals surface area contributed by atoms with Crippen LogP contribution in [-0.2, 0) is 10.0 Å². The Balaban J connectivity index is 1.75. The summed E-state index contributed by atoms with van der Waals surface area (Å²) in [6.07, 6.45) is 0.688. The van der Waals surface area contributed by atoms with E-state index in [1.807, 2.05) is 6.92 Å². The molecule has 1 unspecified atom stereocenters. The molecule has 1 amide bonds. The number of rotatable bonds is 6. The summed E-state index contributed by atoms with van der Waals surface area (Å²) in [5.74, 6) is -0.362. The molecule has 0 spiro atoms. The van der Waals surface area contributed by atoms with Gasteiger partial charge in [-0.2, -0.15) is 0 Å². The van der Waals surface area contributed by atoms with Crippen LogP contribution in [0.5, 0.6) is 0 Å². The number of nitrogens with one attached hydrogen (secondary N) is 2. The lowest BCUT2D eigenvalue weighted by molar-refractivity contribution is 0.102. The van der Waals surface area contributed by atoms with Gasteiger partial charge < -0.3 is 0 Å². The normalized spacial score (nSPS) is 12.9. The monoisotopic (exact) mass is 423 g/mol. The van der Waals surface area contributed by atoms with Gasteiger partial charge in [0.25, 0.3) is 5.91 Å². The second-order valence-corrected chi connectivity index (χ2v) is 9.22. The van der Waals surface area contributed by atoms with Crippen molar-refractivity contribution in [1.82, 2.24) is 9.71 Å². The molecule has 0 fully saturated rings. The number of benzene rings is 2. The summed E-state index contributed by atoms with van der Waals surface area (Å²) in [6, 6.07) is 10.9. The number of halogens is 1. The fraction of sp³-hybridized carbons (Fsp3) is 0.222. The van der Waals surface area contributed by atoms with Crippen molar-refractivity contribution in [2.75, 3.05) is 5.32 Å². The van der Waals surface area contributed by atoms with Crippen molar-refractivity contribution >= 4 is 54.2 Å². The molecule has 0 aliphatic carbocycles. The zero-order chi connectivity index (χ0) is 19.6. The number of carbonyl (C=O) groups excluding carboxylic acids is 1. The first-order valence-corrected chi connectivity index (χ1v) is 11.0. The molecule has 1 heterocycles. The SMILES string of the molecule is CCC(C)NS(=O)(=O)c1ccc(C(=O)Nc2nc3ccc(Cl)cc3s2)cc1. The van der Waals surface area contributed by atoms with Gasteiger partial charge in [0.2, 0.25) is 10.0 Å². The highest BCUT2D eigenvalue weighted by atomic mass is 35.5. The maximum absolute atomic E-state index is 12.4. The first-order valence-electron chi connectivity index (χ1n) is 8.28. The molecular weight excluding hydrogens is 406 g/mol. The molecule has 0 saturated carbocycles. The van der Waals surface area contributed by atoms with Crippen LogP contribution in [0.2, 0.25) is 5.02 Å². The molecule has 0 aliphatic heterocycles. The third-order valence-corrected chi connectivity index (χ3v) is 6.74. The Morgan fingerprint density at radius 3 is 2.59 bits per heavy atom.